The monoisotopic (exact) mass is 252 g/mol. The summed E-state index contributed by atoms with van der Waals surface area (Å²) >= 11 is 0. The van der Waals surface area contributed by atoms with Crippen LogP contribution in [-0.4, -0.2) is 33.4 Å². The number of hydrogen-bond acceptors (Lipinski definition) is 4. The summed E-state index contributed by atoms with van der Waals surface area (Å²) in [6, 6.07) is 5.44. The van der Waals surface area contributed by atoms with Gasteiger partial charge in [0.25, 0.3) is 0 Å². The predicted octanol–water partition coefficient (Wildman–Crippen LogP) is 2.59. The lowest BCUT2D eigenvalue weighted by Crippen LogP contribution is -2.07. The first-order valence-electron chi connectivity index (χ1n) is 5.99. The highest BCUT2D eigenvalue weighted by molar-refractivity contribution is 5.92. The Hall–Kier alpha value is -1.55. The van der Waals surface area contributed by atoms with Crippen LogP contribution in [0.5, 0.6) is 5.75 Å². The van der Waals surface area contributed by atoms with Crippen molar-refractivity contribution in [1.82, 2.24) is 0 Å². The Labute approximate surface area is 108 Å². The minimum atomic E-state index is -0.373. The molecule has 1 aromatic carbocycles. The number of carbonyl (C=O) groups excluding carboxylic acids is 1. The van der Waals surface area contributed by atoms with Gasteiger partial charge in [-0.2, -0.15) is 0 Å². The van der Waals surface area contributed by atoms with Gasteiger partial charge in [-0.25, -0.2) is 4.79 Å². The van der Waals surface area contributed by atoms with Gasteiger partial charge in [0, 0.05) is 13.7 Å². The van der Waals surface area contributed by atoms with E-state index < -0.39 is 0 Å². The Kier molecular flexibility index (Phi) is 6.22. The van der Waals surface area contributed by atoms with E-state index in [9.17, 15) is 4.79 Å². The van der Waals surface area contributed by atoms with E-state index in [1.807, 2.05) is 19.1 Å². The molecular weight excluding hydrogens is 232 g/mol. The molecule has 0 aliphatic carbocycles. The van der Waals surface area contributed by atoms with Crippen LogP contribution in [0, 0.1) is 6.92 Å². The van der Waals surface area contributed by atoms with Gasteiger partial charge in [0.1, 0.15) is 11.3 Å². The Balaban J connectivity index is 2.62. The number of unbranched alkanes of at least 4 members (excludes halogenated alkanes) is 1. The molecule has 1 rings (SSSR count). The zero-order chi connectivity index (χ0) is 13.4. The molecule has 100 valence electrons. The van der Waals surface area contributed by atoms with Gasteiger partial charge in [0.15, 0.2) is 0 Å². The molecule has 18 heavy (non-hydrogen) atoms. The lowest BCUT2D eigenvalue weighted by atomic mass is 10.1. The van der Waals surface area contributed by atoms with Crippen LogP contribution in [-0.2, 0) is 9.47 Å². The van der Waals surface area contributed by atoms with Crippen LogP contribution in [0.1, 0.15) is 28.8 Å². The summed E-state index contributed by atoms with van der Waals surface area (Å²) in [5, 5.41) is 0. The third-order valence-corrected chi connectivity index (χ3v) is 2.54. The maximum absolute atomic E-state index is 11.6. The predicted molar refractivity (Wildman–Crippen MR) is 69.1 cm³/mol. The molecule has 4 nitrogen and oxygen atoms in total. The number of methoxy groups -OCH3 is 2. The Morgan fingerprint density at radius 1 is 1.17 bits per heavy atom. The summed E-state index contributed by atoms with van der Waals surface area (Å²) in [6.45, 7) is 3.25. The van der Waals surface area contributed by atoms with E-state index in [4.69, 9.17) is 14.2 Å². The van der Waals surface area contributed by atoms with Crippen molar-refractivity contribution in [3.8, 4) is 5.75 Å². The molecule has 0 radical (unpaired) electrons. The molecule has 0 atom stereocenters. The van der Waals surface area contributed by atoms with E-state index in [0.717, 1.165) is 25.0 Å². The first kappa shape index (κ1) is 14.5. The normalized spacial score (nSPS) is 10.2. The van der Waals surface area contributed by atoms with Crippen molar-refractivity contribution in [3.63, 3.8) is 0 Å². The maximum atomic E-state index is 11.6. The molecule has 0 aliphatic heterocycles. The van der Waals surface area contributed by atoms with Gasteiger partial charge >= 0.3 is 5.97 Å². The second kappa shape index (κ2) is 7.71. The summed E-state index contributed by atoms with van der Waals surface area (Å²) < 4.78 is 15.3. The fraction of sp³-hybridized carbons (Fsp3) is 0.500. The summed E-state index contributed by atoms with van der Waals surface area (Å²) in [5.41, 5.74) is 1.52. The second-order valence-corrected chi connectivity index (χ2v) is 4.04. The molecule has 4 heteroatoms. The highest BCUT2D eigenvalue weighted by atomic mass is 16.5. The van der Waals surface area contributed by atoms with Gasteiger partial charge in [0.2, 0.25) is 0 Å². The highest BCUT2D eigenvalue weighted by Crippen LogP contribution is 2.21. The van der Waals surface area contributed by atoms with Crippen molar-refractivity contribution >= 4 is 5.97 Å². The molecule has 1 aromatic rings. The molecule has 0 heterocycles. The Morgan fingerprint density at radius 2 is 1.89 bits per heavy atom. The lowest BCUT2D eigenvalue weighted by Gasteiger charge is -2.11. The molecule has 0 amide bonds. The van der Waals surface area contributed by atoms with Gasteiger partial charge in [-0.15, -0.1) is 0 Å². The van der Waals surface area contributed by atoms with Crippen LogP contribution >= 0.6 is 0 Å². The molecule has 0 fully saturated rings. The third kappa shape index (κ3) is 4.37. The molecule has 0 N–H and O–H groups in total. The van der Waals surface area contributed by atoms with E-state index in [2.05, 4.69) is 0 Å². The van der Waals surface area contributed by atoms with Crippen LogP contribution in [0.15, 0.2) is 18.2 Å². The molecule has 0 saturated heterocycles. The average molecular weight is 252 g/mol. The molecular formula is C14H20O4. The van der Waals surface area contributed by atoms with Gasteiger partial charge in [-0.1, -0.05) is 6.07 Å². The highest BCUT2D eigenvalue weighted by Gasteiger charge is 2.12. The number of carbonyl (C=O) groups is 1. The van der Waals surface area contributed by atoms with E-state index >= 15 is 0 Å². The number of aryl methyl sites for hydroxylation is 1. The third-order valence-electron chi connectivity index (χ3n) is 2.54. The number of hydrogen-bond donors (Lipinski definition) is 0. The van der Waals surface area contributed by atoms with Crippen molar-refractivity contribution in [1.29, 1.82) is 0 Å². The van der Waals surface area contributed by atoms with Gasteiger partial charge in [-0.05, 0) is 37.5 Å². The van der Waals surface area contributed by atoms with Gasteiger partial charge < -0.3 is 14.2 Å². The van der Waals surface area contributed by atoms with Crippen LogP contribution < -0.4 is 4.74 Å². The zero-order valence-electron chi connectivity index (χ0n) is 11.2. The smallest absolute Gasteiger partial charge is 0.341 e. The van der Waals surface area contributed by atoms with Crippen molar-refractivity contribution in [2.75, 3.05) is 27.4 Å². The number of ether oxygens (including phenoxy) is 3. The second-order valence-electron chi connectivity index (χ2n) is 4.04. The molecule has 0 aromatic heterocycles. The number of rotatable bonds is 7. The number of benzene rings is 1. The van der Waals surface area contributed by atoms with Crippen molar-refractivity contribution in [2.45, 2.75) is 19.8 Å². The summed E-state index contributed by atoms with van der Waals surface area (Å²) in [7, 11) is 3.04. The maximum Gasteiger partial charge on any atom is 0.341 e. The van der Waals surface area contributed by atoms with Crippen LogP contribution in [0.25, 0.3) is 0 Å². The molecule has 0 aliphatic rings. The zero-order valence-corrected chi connectivity index (χ0v) is 11.2. The van der Waals surface area contributed by atoms with Crippen LogP contribution in [0.2, 0.25) is 0 Å². The van der Waals surface area contributed by atoms with Gasteiger partial charge in [-0.3, -0.25) is 0 Å². The van der Waals surface area contributed by atoms with Crippen LogP contribution in [0.3, 0.4) is 0 Å². The first-order chi connectivity index (χ1) is 8.69. The fourth-order valence-corrected chi connectivity index (χ4v) is 1.56. The van der Waals surface area contributed by atoms with E-state index in [-0.39, 0.29) is 5.97 Å². The largest absolute Gasteiger partial charge is 0.493 e. The Morgan fingerprint density at radius 3 is 2.56 bits per heavy atom. The van der Waals surface area contributed by atoms with Crippen molar-refractivity contribution in [3.05, 3.63) is 29.3 Å². The summed E-state index contributed by atoms with van der Waals surface area (Å²) in [4.78, 5) is 11.6. The first-order valence-corrected chi connectivity index (χ1v) is 5.99. The topological polar surface area (TPSA) is 44.8 Å². The van der Waals surface area contributed by atoms with Crippen molar-refractivity contribution in [2.24, 2.45) is 0 Å². The fourth-order valence-electron chi connectivity index (χ4n) is 1.56. The lowest BCUT2D eigenvalue weighted by molar-refractivity contribution is 0.0595. The van der Waals surface area contributed by atoms with Crippen LogP contribution in [0.4, 0.5) is 0 Å². The molecule has 0 saturated carbocycles. The molecule has 0 unspecified atom stereocenters. The Bertz CT molecular complexity index is 387. The molecule has 0 spiro atoms. The average Bonchev–Trinajstić information content (AvgIpc) is 2.38. The SMILES string of the molecule is COCCCCOc1cc(C)ccc1C(=O)OC. The van der Waals surface area contributed by atoms with Gasteiger partial charge in [0.05, 0.1) is 13.7 Å². The summed E-state index contributed by atoms with van der Waals surface area (Å²) in [5.74, 6) is 0.209. The quantitative estimate of drug-likeness (QED) is 0.552. The van der Waals surface area contributed by atoms with Crippen molar-refractivity contribution < 1.29 is 19.0 Å². The minimum absolute atomic E-state index is 0.373. The van der Waals surface area contributed by atoms with E-state index in [1.54, 1.807) is 13.2 Å². The number of esters is 1. The summed E-state index contributed by atoms with van der Waals surface area (Å²) in [6.07, 6.45) is 1.83. The standard InChI is InChI=1S/C14H20O4/c1-11-6-7-12(14(15)17-3)13(10-11)18-9-5-4-8-16-2/h6-7,10H,4-5,8-9H2,1-3H3. The molecule has 0 bridgehead atoms. The van der Waals surface area contributed by atoms with E-state index in [0.29, 0.717) is 17.9 Å². The van der Waals surface area contributed by atoms with E-state index in [1.165, 1.54) is 7.11 Å². The minimum Gasteiger partial charge on any atom is -0.493 e.